The van der Waals surface area contributed by atoms with Crippen LogP contribution in [-0.2, 0) is 0 Å². The van der Waals surface area contributed by atoms with Gasteiger partial charge in [0.2, 0.25) is 0 Å². The molecule has 0 N–H and O–H groups in total. The summed E-state index contributed by atoms with van der Waals surface area (Å²) < 4.78 is 13.1. The molecule has 0 aliphatic heterocycles. The molecule has 0 amide bonds. The third kappa shape index (κ3) is 3.01. The number of halogens is 2. The topological polar surface area (TPSA) is 12.4 Å². The van der Waals surface area contributed by atoms with E-state index in [9.17, 15) is 4.39 Å². The van der Waals surface area contributed by atoms with Gasteiger partial charge in [-0.25, -0.2) is 4.39 Å². The first-order valence-corrected chi connectivity index (χ1v) is 4.81. The van der Waals surface area contributed by atoms with Gasteiger partial charge in [-0.05, 0) is 12.1 Å². The van der Waals surface area contributed by atoms with Crippen LogP contribution >= 0.6 is 24.2 Å². The standard InChI is InChI=1S/C9H9ClFNS/c10-8-2-1-3-9(11)7(8)6-12-4-5-13/h1-3,6,13H,4-5H2/b12-6+. The van der Waals surface area contributed by atoms with E-state index in [1.807, 2.05) is 0 Å². The van der Waals surface area contributed by atoms with E-state index in [-0.39, 0.29) is 5.82 Å². The number of aliphatic imine (C=N–C) groups is 1. The van der Waals surface area contributed by atoms with Gasteiger partial charge in [-0.15, -0.1) is 0 Å². The average molecular weight is 218 g/mol. The van der Waals surface area contributed by atoms with Gasteiger partial charge < -0.3 is 0 Å². The van der Waals surface area contributed by atoms with Gasteiger partial charge in [0, 0.05) is 24.1 Å². The lowest BCUT2D eigenvalue weighted by Crippen LogP contribution is -1.91. The van der Waals surface area contributed by atoms with E-state index in [0.717, 1.165) is 0 Å². The molecule has 0 atom stereocenters. The summed E-state index contributed by atoms with van der Waals surface area (Å²) in [5.74, 6) is 0.290. The van der Waals surface area contributed by atoms with E-state index in [2.05, 4.69) is 17.6 Å². The van der Waals surface area contributed by atoms with Gasteiger partial charge in [0.15, 0.2) is 0 Å². The van der Waals surface area contributed by atoms with Crippen LogP contribution in [0.5, 0.6) is 0 Å². The summed E-state index contributed by atoms with van der Waals surface area (Å²) in [6.45, 7) is 0.563. The van der Waals surface area contributed by atoms with Gasteiger partial charge in [-0.2, -0.15) is 12.6 Å². The summed E-state index contributed by atoms with van der Waals surface area (Å²) in [6.07, 6.45) is 1.44. The summed E-state index contributed by atoms with van der Waals surface area (Å²) in [5.41, 5.74) is 0.339. The van der Waals surface area contributed by atoms with Crippen LogP contribution in [0, 0.1) is 5.82 Å². The zero-order valence-corrected chi connectivity index (χ0v) is 8.52. The number of rotatable bonds is 3. The first kappa shape index (κ1) is 10.5. The Morgan fingerprint density at radius 1 is 1.54 bits per heavy atom. The molecule has 0 radical (unpaired) electrons. The Labute approximate surface area is 87.0 Å². The molecule has 13 heavy (non-hydrogen) atoms. The average Bonchev–Trinajstić information content (AvgIpc) is 2.10. The van der Waals surface area contributed by atoms with Crippen LogP contribution < -0.4 is 0 Å². The monoisotopic (exact) mass is 217 g/mol. The van der Waals surface area contributed by atoms with Crippen molar-refractivity contribution in [1.29, 1.82) is 0 Å². The minimum absolute atomic E-state index is 0.339. The maximum Gasteiger partial charge on any atom is 0.133 e. The van der Waals surface area contributed by atoms with E-state index in [1.165, 1.54) is 12.3 Å². The highest BCUT2D eigenvalue weighted by Gasteiger charge is 2.02. The second-order valence-corrected chi connectivity index (χ2v) is 3.25. The summed E-state index contributed by atoms with van der Waals surface area (Å²) in [7, 11) is 0. The van der Waals surface area contributed by atoms with Crippen molar-refractivity contribution < 1.29 is 4.39 Å². The quantitative estimate of drug-likeness (QED) is 0.591. The fourth-order valence-corrected chi connectivity index (χ4v) is 1.17. The Kier molecular flexibility index (Phi) is 4.25. The van der Waals surface area contributed by atoms with Crippen molar-refractivity contribution in [3.8, 4) is 0 Å². The maximum atomic E-state index is 13.1. The maximum absolute atomic E-state index is 13.1. The third-order valence-electron chi connectivity index (χ3n) is 1.45. The van der Waals surface area contributed by atoms with Gasteiger partial charge in [0.05, 0.1) is 5.02 Å². The lowest BCUT2D eigenvalue weighted by atomic mass is 10.2. The van der Waals surface area contributed by atoms with Crippen LogP contribution in [0.15, 0.2) is 23.2 Å². The highest BCUT2D eigenvalue weighted by Crippen LogP contribution is 2.16. The van der Waals surface area contributed by atoms with Crippen molar-refractivity contribution in [1.82, 2.24) is 0 Å². The SMILES string of the molecule is Fc1cccc(Cl)c1/C=N/CCS. The van der Waals surface area contributed by atoms with Crippen LogP contribution in [0.3, 0.4) is 0 Å². The molecule has 1 rings (SSSR count). The first-order chi connectivity index (χ1) is 6.25. The minimum Gasteiger partial charge on any atom is -0.292 e. The van der Waals surface area contributed by atoms with Crippen molar-refractivity contribution in [3.63, 3.8) is 0 Å². The molecular weight excluding hydrogens is 209 g/mol. The molecule has 4 heteroatoms. The highest BCUT2D eigenvalue weighted by molar-refractivity contribution is 7.80. The molecule has 0 bridgehead atoms. The fraction of sp³-hybridized carbons (Fsp3) is 0.222. The Morgan fingerprint density at radius 2 is 2.31 bits per heavy atom. The highest BCUT2D eigenvalue weighted by atomic mass is 35.5. The molecule has 1 aromatic carbocycles. The Bertz CT molecular complexity index is 294. The Balaban J connectivity index is 2.87. The van der Waals surface area contributed by atoms with Gasteiger partial charge in [0.1, 0.15) is 5.82 Å². The molecule has 0 aromatic heterocycles. The number of thiol groups is 1. The number of nitrogens with zero attached hydrogens (tertiary/aromatic N) is 1. The van der Waals surface area contributed by atoms with Crippen molar-refractivity contribution in [3.05, 3.63) is 34.6 Å². The van der Waals surface area contributed by atoms with Crippen LogP contribution in [0.1, 0.15) is 5.56 Å². The summed E-state index contributed by atoms with van der Waals surface area (Å²) in [6, 6.07) is 4.55. The molecule has 1 aromatic rings. The van der Waals surface area contributed by atoms with E-state index in [1.54, 1.807) is 12.1 Å². The molecule has 0 fully saturated rings. The van der Waals surface area contributed by atoms with Gasteiger partial charge in [-0.3, -0.25) is 4.99 Å². The van der Waals surface area contributed by atoms with Crippen molar-refractivity contribution in [2.45, 2.75) is 0 Å². The molecule has 0 heterocycles. The van der Waals surface area contributed by atoms with Crippen LogP contribution in [0.25, 0.3) is 0 Å². The molecule has 0 unspecified atom stereocenters. The van der Waals surface area contributed by atoms with E-state index < -0.39 is 0 Å². The lowest BCUT2D eigenvalue weighted by Gasteiger charge is -1.98. The zero-order chi connectivity index (χ0) is 9.68. The molecule has 0 spiro atoms. The molecule has 0 saturated heterocycles. The van der Waals surface area contributed by atoms with E-state index in [0.29, 0.717) is 22.9 Å². The fourth-order valence-electron chi connectivity index (χ4n) is 0.848. The Morgan fingerprint density at radius 3 is 2.92 bits per heavy atom. The van der Waals surface area contributed by atoms with Crippen molar-refractivity contribution in [2.24, 2.45) is 4.99 Å². The van der Waals surface area contributed by atoms with E-state index >= 15 is 0 Å². The van der Waals surface area contributed by atoms with Crippen LogP contribution in [-0.4, -0.2) is 18.5 Å². The molecule has 0 aliphatic carbocycles. The van der Waals surface area contributed by atoms with Gasteiger partial charge in [-0.1, -0.05) is 17.7 Å². The summed E-state index contributed by atoms with van der Waals surface area (Å²) in [4.78, 5) is 3.96. The third-order valence-corrected chi connectivity index (χ3v) is 1.98. The number of benzene rings is 1. The normalized spacial score (nSPS) is 11.0. The smallest absolute Gasteiger partial charge is 0.133 e. The molecule has 1 nitrogen and oxygen atoms in total. The van der Waals surface area contributed by atoms with Gasteiger partial charge >= 0.3 is 0 Å². The predicted molar refractivity (Wildman–Crippen MR) is 57.7 cm³/mol. The number of hydrogen-bond acceptors (Lipinski definition) is 2. The molecule has 70 valence electrons. The molecule has 0 aliphatic rings. The molecular formula is C9H9ClFNS. The Hall–Kier alpha value is -0.540. The van der Waals surface area contributed by atoms with Crippen molar-refractivity contribution >= 4 is 30.4 Å². The first-order valence-electron chi connectivity index (χ1n) is 3.80. The second kappa shape index (κ2) is 5.25. The van der Waals surface area contributed by atoms with Gasteiger partial charge in [0.25, 0.3) is 0 Å². The lowest BCUT2D eigenvalue weighted by molar-refractivity contribution is 0.626. The van der Waals surface area contributed by atoms with Crippen LogP contribution in [0.4, 0.5) is 4.39 Å². The molecule has 0 saturated carbocycles. The van der Waals surface area contributed by atoms with E-state index in [4.69, 9.17) is 11.6 Å². The van der Waals surface area contributed by atoms with Crippen LogP contribution in [0.2, 0.25) is 5.02 Å². The largest absolute Gasteiger partial charge is 0.292 e. The minimum atomic E-state index is -0.351. The summed E-state index contributed by atoms with van der Waals surface area (Å²) in [5, 5.41) is 0.378. The zero-order valence-electron chi connectivity index (χ0n) is 6.87. The number of hydrogen-bond donors (Lipinski definition) is 1. The van der Waals surface area contributed by atoms with Crippen molar-refractivity contribution in [2.75, 3.05) is 12.3 Å². The predicted octanol–water partition coefficient (Wildman–Crippen LogP) is 2.83. The second-order valence-electron chi connectivity index (χ2n) is 2.39. The summed E-state index contributed by atoms with van der Waals surface area (Å²) >= 11 is 9.74.